The van der Waals surface area contributed by atoms with E-state index in [0.29, 0.717) is 22.3 Å². The molecule has 1 aliphatic carbocycles. The highest BCUT2D eigenvalue weighted by Crippen LogP contribution is 2.41. The maximum absolute atomic E-state index is 11.6. The SMILES string of the molecule is O=S(=O)(P)c1ccc2c(c1)C(O)c1ccccc1C2O. The molecular weight excluding hydrogens is 295 g/mol. The summed E-state index contributed by atoms with van der Waals surface area (Å²) in [6, 6.07) is 11.5. The highest BCUT2D eigenvalue weighted by molar-refractivity contribution is 8.37. The Balaban J connectivity index is 2.23. The number of hydrogen-bond acceptors (Lipinski definition) is 4. The van der Waals surface area contributed by atoms with E-state index >= 15 is 0 Å². The second kappa shape index (κ2) is 4.64. The minimum absolute atomic E-state index is 0.104. The van der Waals surface area contributed by atoms with Crippen LogP contribution in [0.5, 0.6) is 0 Å². The lowest BCUT2D eigenvalue weighted by Gasteiger charge is -2.29. The van der Waals surface area contributed by atoms with Crippen molar-refractivity contribution in [2.24, 2.45) is 0 Å². The van der Waals surface area contributed by atoms with E-state index in [0.717, 1.165) is 0 Å². The third-order valence-electron chi connectivity index (χ3n) is 3.56. The molecule has 3 unspecified atom stereocenters. The number of aliphatic hydroxyl groups is 2. The summed E-state index contributed by atoms with van der Waals surface area (Å²) >= 11 is 0. The zero-order chi connectivity index (χ0) is 14.5. The molecule has 0 radical (unpaired) electrons. The zero-order valence-corrected chi connectivity index (χ0v) is 12.4. The van der Waals surface area contributed by atoms with Gasteiger partial charge in [-0.2, -0.15) is 0 Å². The van der Waals surface area contributed by atoms with Gasteiger partial charge in [-0.25, -0.2) is 8.42 Å². The van der Waals surface area contributed by atoms with Gasteiger partial charge in [0.15, 0.2) is 9.46 Å². The molecule has 104 valence electrons. The Kier molecular flexibility index (Phi) is 3.18. The van der Waals surface area contributed by atoms with E-state index in [1.54, 1.807) is 38.8 Å². The molecule has 0 spiro atoms. The van der Waals surface area contributed by atoms with Crippen LogP contribution in [0.3, 0.4) is 0 Å². The van der Waals surface area contributed by atoms with Crippen LogP contribution in [-0.4, -0.2) is 18.6 Å². The Morgan fingerprint density at radius 3 is 1.90 bits per heavy atom. The maximum Gasteiger partial charge on any atom is 0.189 e. The van der Waals surface area contributed by atoms with E-state index in [-0.39, 0.29) is 4.90 Å². The first-order valence-corrected chi connectivity index (χ1v) is 8.97. The molecule has 0 aliphatic heterocycles. The molecule has 3 rings (SSSR count). The van der Waals surface area contributed by atoms with Crippen molar-refractivity contribution in [3.63, 3.8) is 0 Å². The molecule has 0 bridgehead atoms. The van der Waals surface area contributed by atoms with Gasteiger partial charge in [-0.1, -0.05) is 30.3 Å². The standard InChI is InChI=1S/C14H13O4PS/c15-13-9-3-1-2-4-10(9)14(16)12-7-8(20(17,18)19)5-6-11(12)13/h1-7,13-16H,19H2. The Hall–Kier alpha value is -1.26. The van der Waals surface area contributed by atoms with Crippen molar-refractivity contribution in [1.82, 2.24) is 0 Å². The summed E-state index contributed by atoms with van der Waals surface area (Å²) in [5.41, 5.74) is 2.22. The molecule has 2 aromatic rings. The Morgan fingerprint density at radius 2 is 1.35 bits per heavy atom. The molecule has 3 atom stereocenters. The molecule has 2 N–H and O–H groups in total. The topological polar surface area (TPSA) is 74.6 Å². The van der Waals surface area contributed by atoms with E-state index in [9.17, 15) is 18.6 Å². The van der Waals surface area contributed by atoms with Crippen molar-refractivity contribution in [3.8, 4) is 0 Å². The van der Waals surface area contributed by atoms with Crippen LogP contribution >= 0.6 is 8.44 Å². The smallest absolute Gasteiger partial charge is 0.189 e. The van der Waals surface area contributed by atoms with Gasteiger partial charge in [0.05, 0.1) is 4.90 Å². The third kappa shape index (κ3) is 2.07. The first kappa shape index (κ1) is 13.7. The summed E-state index contributed by atoms with van der Waals surface area (Å²) in [5, 5.41) is 20.8. The van der Waals surface area contributed by atoms with Crippen molar-refractivity contribution >= 4 is 17.9 Å². The molecule has 1 aliphatic rings. The summed E-state index contributed by atoms with van der Waals surface area (Å²) in [6.45, 7) is 0. The fourth-order valence-corrected chi connectivity index (χ4v) is 3.55. The van der Waals surface area contributed by atoms with E-state index in [2.05, 4.69) is 0 Å². The van der Waals surface area contributed by atoms with Gasteiger partial charge in [0, 0.05) is 0 Å². The average molecular weight is 308 g/mol. The molecule has 0 saturated heterocycles. The van der Waals surface area contributed by atoms with Crippen molar-refractivity contribution in [3.05, 3.63) is 64.7 Å². The van der Waals surface area contributed by atoms with E-state index in [4.69, 9.17) is 0 Å². The van der Waals surface area contributed by atoms with E-state index in [1.165, 1.54) is 12.1 Å². The molecule has 4 nitrogen and oxygen atoms in total. The first-order valence-electron chi connectivity index (χ1n) is 6.01. The van der Waals surface area contributed by atoms with Crippen LogP contribution in [0.4, 0.5) is 0 Å². The number of fused-ring (bicyclic) bond motifs is 2. The predicted octanol–water partition coefficient (Wildman–Crippen LogP) is 1.73. The molecule has 0 saturated carbocycles. The number of benzene rings is 2. The lowest BCUT2D eigenvalue weighted by Crippen LogP contribution is -2.18. The first-order chi connectivity index (χ1) is 9.39. The van der Waals surface area contributed by atoms with Gasteiger partial charge in [-0.15, -0.1) is 0 Å². The maximum atomic E-state index is 11.6. The highest BCUT2D eigenvalue weighted by atomic mass is 32.7. The van der Waals surface area contributed by atoms with Gasteiger partial charge < -0.3 is 10.2 Å². The van der Waals surface area contributed by atoms with Gasteiger partial charge in [-0.3, -0.25) is 0 Å². The lowest BCUT2D eigenvalue weighted by atomic mass is 9.82. The molecule has 0 aromatic heterocycles. The summed E-state index contributed by atoms with van der Waals surface area (Å²) in [4.78, 5) is 0.104. The minimum atomic E-state index is -3.43. The van der Waals surface area contributed by atoms with Crippen LogP contribution in [0.15, 0.2) is 47.4 Å². The van der Waals surface area contributed by atoms with Gasteiger partial charge >= 0.3 is 0 Å². The van der Waals surface area contributed by atoms with E-state index < -0.39 is 21.7 Å². The Labute approximate surface area is 119 Å². The molecule has 0 amide bonds. The van der Waals surface area contributed by atoms with Crippen molar-refractivity contribution < 1.29 is 18.6 Å². The summed E-state index contributed by atoms with van der Waals surface area (Å²) in [6.07, 6.45) is -1.79. The second-order valence-electron chi connectivity index (χ2n) is 4.77. The number of rotatable bonds is 1. The van der Waals surface area contributed by atoms with Crippen molar-refractivity contribution in [1.29, 1.82) is 0 Å². The van der Waals surface area contributed by atoms with Gasteiger partial charge in [0.25, 0.3) is 0 Å². The fraction of sp³-hybridized carbons (Fsp3) is 0.143. The second-order valence-corrected chi connectivity index (χ2v) is 8.19. The molecular formula is C14H13O4PS. The summed E-state index contributed by atoms with van der Waals surface area (Å²) < 4.78 is 23.1. The van der Waals surface area contributed by atoms with Gasteiger partial charge in [0.2, 0.25) is 0 Å². The largest absolute Gasteiger partial charge is 0.384 e. The zero-order valence-electron chi connectivity index (χ0n) is 10.4. The fourth-order valence-electron chi connectivity index (χ4n) is 2.56. The normalized spacial score (nSPS) is 21.1. The highest BCUT2D eigenvalue weighted by Gasteiger charge is 2.30. The number of aliphatic hydroxyl groups excluding tert-OH is 2. The number of hydrogen-bond donors (Lipinski definition) is 2. The van der Waals surface area contributed by atoms with E-state index in [1.807, 2.05) is 0 Å². The predicted molar refractivity (Wildman–Crippen MR) is 77.9 cm³/mol. The van der Waals surface area contributed by atoms with Crippen LogP contribution < -0.4 is 0 Å². The van der Waals surface area contributed by atoms with Crippen LogP contribution in [0.25, 0.3) is 0 Å². The molecule has 6 heteroatoms. The van der Waals surface area contributed by atoms with Crippen LogP contribution in [-0.2, 0) is 9.46 Å². The lowest BCUT2D eigenvalue weighted by molar-refractivity contribution is 0.173. The summed E-state index contributed by atoms with van der Waals surface area (Å²) in [5.74, 6) is 0. The molecule has 0 heterocycles. The van der Waals surface area contributed by atoms with Crippen molar-refractivity contribution in [2.45, 2.75) is 17.1 Å². The minimum Gasteiger partial charge on any atom is -0.384 e. The van der Waals surface area contributed by atoms with Crippen molar-refractivity contribution in [2.75, 3.05) is 0 Å². The van der Waals surface area contributed by atoms with Crippen LogP contribution in [0.1, 0.15) is 34.5 Å². The quantitative estimate of drug-likeness (QED) is 0.787. The van der Waals surface area contributed by atoms with Crippen LogP contribution in [0.2, 0.25) is 0 Å². The molecule has 0 fully saturated rings. The average Bonchev–Trinajstić information content (AvgIpc) is 2.43. The Morgan fingerprint density at radius 1 is 0.850 bits per heavy atom. The summed E-state index contributed by atoms with van der Waals surface area (Å²) in [7, 11) is -1.65. The molecule has 20 heavy (non-hydrogen) atoms. The van der Waals surface area contributed by atoms with Gasteiger partial charge in [-0.05, 0) is 42.8 Å². The Bertz CT molecular complexity index is 786. The molecule has 2 aromatic carbocycles. The third-order valence-corrected chi connectivity index (χ3v) is 5.29. The van der Waals surface area contributed by atoms with Crippen LogP contribution in [0, 0.1) is 0 Å². The van der Waals surface area contributed by atoms with Gasteiger partial charge in [0.1, 0.15) is 12.2 Å². The monoisotopic (exact) mass is 308 g/mol.